The molecule has 0 radical (unpaired) electrons. The van der Waals surface area contributed by atoms with Crippen molar-refractivity contribution in [3.63, 3.8) is 0 Å². The smallest absolute Gasteiger partial charge is 0.392 e. The number of aryl methyl sites for hydroxylation is 1. The third-order valence-electron chi connectivity index (χ3n) is 4.95. The van der Waals surface area contributed by atoms with Gasteiger partial charge < -0.3 is 19.9 Å². The Bertz CT molecular complexity index is 925. The van der Waals surface area contributed by atoms with Crippen molar-refractivity contribution in [2.24, 2.45) is 5.92 Å². The van der Waals surface area contributed by atoms with Gasteiger partial charge in [-0.25, -0.2) is 4.98 Å². The number of aromatic nitrogens is 2. The normalized spacial score (nSPS) is 21.6. The number of imidazole rings is 1. The Morgan fingerprint density at radius 1 is 1.32 bits per heavy atom. The maximum atomic E-state index is 13.1. The standard InChI is InChI=1S/C18H17F3N4O3/c19-18(20,21)10-5-6-25-9-22-15(13(25)7-10)17(27)24-12-8-28-14-4-2-1-3-11(14)23-16(12)26/h1-4,9-10,12H,5-8H2,(H,23,26)(H,24,27)/t10?,12-/m0/s1. The molecule has 2 aliphatic heterocycles. The highest BCUT2D eigenvalue weighted by atomic mass is 19.4. The van der Waals surface area contributed by atoms with E-state index in [4.69, 9.17) is 4.74 Å². The van der Waals surface area contributed by atoms with E-state index in [2.05, 4.69) is 15.6 Å². The summed E-state index contributed by atoms with van der Waals surface area (Å²) in [7, 11) is 0. The number of carbonyl (C=O) groups is 2. The van der Waals surface area contributed by atoms with Crippen molar-refractivity contribution >= 4 is 17.5 Å². The first kappa shape index (κ1) is 18.3. The molecule has 10 heteroatoms. The number of nitrogens with one attached hydrogen (secondary N) is 2. The number of halogens is 3. The van der Waals surface area contributed by atoms with Crippen LogP contribution >= 0.6 is 0 Å². The monoisotopic (exact) mass is 394 g/mol. The fraction of sp³-hybridized carbons (Fsp3) is 0.389. The van der Waals surface area contributed by atoms with Crippen LogP contribution in [0.25, 0.3) is 0 Å². The fourth-order valence-corrected chi connectivity index (χ4v) is 3.41. The Hall–Kier alpha value is -3.04. The molecular weight excluding hydrogens is 377 g/mol. The van der Waals surface area contributed by atoms with Crippen molar-refractivity contribution in [2.75, 3.05) is 11.9 Å². The van der Waals surface area contributed by atoms with E-state index in [1.807, 2.05) is 0 Å². The number of amides is 2. The molecular formula is C18H17F3N4O3. The van der Waals surface area contributed by atoms with E-state index in [9.17, 15) is 22.8 Å². The summed E-state index contributed by atoms with van der Waals surface area (Å²) in [6.45, 7) is 0.0396. The van der Waals surface area contributed by atoms with E-state index in [1.54, 1.807) is 28.8 Å². The summed E-state index contributed by atoms with van der Waals surface area (Å²) >= 11 is 0. The van der Waals surface area contributed by atoms with Crippen molar-refractivity contribution in [1.29, 1.82) is 0 Å². The molecule has 0 saturated carbocycles. The molecule has 1 unspecified atom stereocenters. The fourth-order valence-electron chi connectivity index (χ4n) is 3.41. The van der Waals surface area contributed by atoms with Crippen LogP contribution in [0.5, 0.6) is 5.75 Å². The molecule has 0 bridgehead atoms. The topological polar surface area (TPSA) is 85.2 Å². The number of hydrogen-bond acceptors (Lipinski definition) is 4. The Balaban J connectivity index is 1.50. The molecule has 0 spiro atoms. The number of fused-ring (bicyclic) bond motifs is 2. The molecule has 7 nitrogen and oxygen atoms in total. The average molecular weight is 394 g/mol. The van der Waals surface area contributed by atoms with Crippen molar-refractivity contribution in [3.05, 3.63) is 42.0 Å². The second-order valence-electron chi connectivity index (χ2n) is 6.79. The minimum Gasteiger partial charge on any atom is -0.489 e. The van der Waals surface area contributed by atoms with Gasteiger partial charge in [0, 0.05) is 13.0 Å². The average Bonchev–Trinajstić information content (AvgIpc) is 3.01. The Labute approximate surface area is 157 Å². The highest BCUT2D eigenvalue weighted by Crippen LogP contribution is 2.35. The van der Waals surface area contributed by atoms with Crippen molar-refractivity contribution in [2.45, 2.75) is 31.6 Å². The molecule has 28 heavy (non-hydrogen) atoms. The second-order valence-corrected chi connectivity index (χ2v) is 6.79. The maximum absolute atomic E-state index is 13.1. The van der Waals surface area contributed by atoms with Gasteiger partial charge in [0.15, 0.2) is 0 Å². The highest BCUT2D eigenvalue weighted by molar-refractivity contribution is 6.02. The molecule has 0 aliphatic carbocycles. The minimum atomic E-state index is -4.33. The van der Waals surface area contributed by atoms with Gasteiger partial charge in [0.05, 0.1) is 23.6 Å². The Kier molecular flexibility index (Phi) is 4.48. The van der Waals surface area contributed by atoms with E-state index < -0.39 is 30.0 Å². The summed E-state index contributed by atoms with van der Waals surface area (Å²) in [5, 5.41) is 5.18. The minimum absolute atomic E-state index is 0.0505. The molecule has 2 aromatic rings. The van der Waals surface area contributed by atoms with Gasteiger partial charge in [-0.15, -0.1) is 0 Å². The Morgan fingerprint density at radius 2 is 2.11 bits per heavy atom. The zero-order chi connectivity index (χ0) is 19.9. The van der Waals surface area contributed by atoms with Crippen LogP contribution in [-0.4, -0.2) is 40.2 Å². The van der Waals surface area contributed by atoms with Crippen molar-refractivity contribution in [1.82, 2.24) is 14.9 Å². The number of alkyl halides is 3. The summed E-state index contributed by atoms with van der Waals surface area (Å²) in [5.41, 5.74) is 0.615. The first-order chi connectivity index (χ1) is 13.3. The summed E-state index contributed by atoms with van der Waals surface area (Å²) in [6.07, 6.45) is -3.34. The first-order valence-electron chi connectivity index (χ1n) is 8.77. The number of hydrogen-bond donors (Lipinski definition) is 2. The van der Waals surface area contributed by atoms with Crippen LogP contribution in [0.15, 0.2) is 30.6 Å². The first-order valence-corrected chi connectivity index (χ1v) is 8.77. The van der Waals surface area contributed by atoms with Gasteiger partial charge >= 0.3 is 6.18 Å². The van der Waals surface area contributed by atoms with Crippen LogP contribution < -0.4 is 15.4 Å². The molecule has 148 valence electrons. The quantitative estimate of drug-likeness (QED) is 0.817. The lowest BCUT2D eigenvalue weighted by atomic mass is 9.94. The number of carbonyl (C=O) groups excluding carboxylic acids is 2. The number of benzene rings is 1. The van der Waals surface area contributed by atoms with E-state index >= 15 is 0 Å². The second kappa shape index (κ2) is 6.84. The van der Waals surface area contributed by atoms with E-state index in [1.165, 1.54) is 6.33 Å². The SMILES string of the molecule is O=C(N[C@H]1COc2ccccc2NC1=O)c1ncn2c1CC(C(F)(F)F)CC2. The lowest BCUT2D eigenvalue weighted by molar-refractivity contribution is -0.179. The molecule has 2 amide bonds. The molecule has 1 aromatic carbocycles. The van der Waals surface area contributed by atoms with Crippen LogP contribution in [0.1, 0.15) is 22.6 Å². The molecule has 2 N–H and O–H groups in total. The lowest BCUT2D eigenvalue weighted by Crippen LogP contribution is -2.46. The van der Waals surface area contributed by atoms with Gasteiger partial charge in [0.2, 0.25) is 0 Å². The molecule has 3 heterocycles. The largest absolute Gasteiger partial charge is 0.489 e. The predicted molar refractivity (Wildman–Crippen MR) is 91.9 cm³/mol. The number of anilines is 1. The summed E-state index contributed by atoms with van der Waals surface area (Å²) in [4.78, 5) is 29.0. The van der Waals surface area contributed by atoms with Crippen molar-refractivity contribution < 1.29 is 27.5 Å². The number of rotatable bonds is 2. The maximum Gasteiger partial charge on any atom is 0.392 e. The lowest BCUT2D eigenvalue weighted by Gasteiger charge is -2.26. The van der Waals surface area contributed by atoms with Gasteiger partial charge in [-0.1, -0.05) is 12.1 Å². The summed E-state index contributed by atoms with van der Waals surface area (Å²) < 4.78 is 46.3. The van der Waals surface area contributed by atoms with Crippen molar-refractivity contribution in [3.8, 4) is 5.75 Å². The highest BCUT2D eigenvalue weighted by Gasteiger charge is 2.42. The molecule has 0 fully saturated rings. The molecule has 2 aliphatic rings. The van der Waals surface area contributed by atoms with E-state index in [0.29, 0.717) is 11.4 Å². The summed E-state index contributed by atoms with van der Waals surface area (Å²) in [5.74, 6) is -2.21. The van der Waals surface area contributed by atoms with Gasteiger partial charge in [0.1, 0.15) is 24.1 Å². The zero-order valence-electron chi connectivity index (χ0n) is 14.6. The van der Waals surface area contributed by atoms with E-state index in [0.717, 1.165) is 0 Å². The molecule has 1 aromatic heterocycles. The van der Waals surface area contributed by atoms with Crippen LogP contribution in [0.4, 0.5) is 18.9 Å². The predicted octanol–water partition coefficient (Wildman–Crippen LogP) is 2.14. The van der Waals surface area contributed by atoms with Gasteiger partial charge in [0.25, 0.3) is 11.8 Å². The van der Waals surface area contributed by atoms with Crippen LogP contribution in [0.3, 0.4) is 0 Å². The zero-order valence-corrected chi connectivity index (χ0v) is 14.6. The number of para-hydroxylation sites is 2. The van der Waals surface area contributed by atoms with Crippen LogP contribution in [-0.2, 0) is 17.8 Å². The van der Waals surface area contributed by atoms with Gasteiger partial charge in [-0.2, -0.15) is 13.2 Å². The van der Waals surface area contributed by atoms with E-state index in [-0.39, 0.29) is 37.4 Å². The molecule has 4 rings (SSSR count). The number of nitrogens with zero attached hydrogens (tertiary/aromatic N) is 2. The third kappa shape index (κ3) is 3.41. The molecule has 0 saturated heterocycles. The molecule has 2 atom stereocenters. The third-order valence-corrected chi connectivity index (χ3v) is 4.95. The number of ether oxygens (including phenoxy) is 1. The van der Waals surface area contributed by atoms with Gasteiger partial charge in [-0.3, -0.25) is 9.59 Å². The Morgan fingerprint density at radius 3 is 2.89 bits per heavy atom. The summed E-state index contributed by atoms with van der Waals surface area (Å²) in [6, 6.07) is 5.83. The van der Waals surface area contributed by atoms with Gasteiger partial charge in [-0.05, 0) is 18.6 Å². The van der Waals surface area contributed by atoms with Crippen LogP contribution in [0, 0.1) is 5.92 Å². The van der Waals surface area contributed by atoms with Crippen LogP contribution in [0.2, 0.25) is 0 Å².